The van der Waals surface area contributed by atoms with Gasteiger partial charge in [0, 0.05) is 39.1 Å². The highest BCUT2D eigenvalue weighted by Crippen LogP contribution is 2.18. The van der Waals surface area contributed by atoms with E-state index in [1.54, 1.807) is 6.20 Å². The molecule has 6 heteroatoms. The van der Waals surface area contributed by atoms with Crippen molar-refractivity contribution in [3.8, 4) is 0 Å². The molecule has 5 nitrogen and oxygen atoms in total. The van der Waals surface area contributed by atoms with Gasteiger partial charge in [-0.25, -0.2) is 4.98 Å². The Bertz CT molecular complexity index is 474. The normalized spacial score (nSPS) is 11.0. The van der Waals surface area contributed by atoms with E-state index in [0.29, 0.717) is 0 Å². The number of halogens is 1. The molecule has 0 aromatic carbocycles. The zero-order valence-electron chi connectivity index (χ0n) is 10.0. The summed E-state index contributed by atoms with van der Waals surface area (Å²) in [5, 5.41) is 8.36. The molecule has 0 unspecified atom stereocenters. The van der Waals surface area contributed by atoms with Crippen molar-refractivity contribution < 1.29 is 0 Å². The van der Waals surface area contributed by atoms with Crippen LogP contribution in [0.15, 0.2) is 18.7 Å². The van der Waals surface area contributed by atoms with Gasteiger partial charge in [-0.05, 0) is 6.92 Å². The molecule has 2 aromatic heterocycles. The number of hydrogen-bond acceptors (Lipinski definition) is 3. The molecule has 1 N–H and O–H groups in total. The Balaban J connectivity index is 1.82. The molecule has 0 fully saturated rings. The highest BCUT2D eigenvalue weighted by atomic mass is 35.5. The van der Waals surface area contributed by atoms with Crippen LogP contribution >= 0.6 is 11.6 Å². The molecular formula is C11H16ClN5. The minimum Gasteiger partial charge on any atom is -0.336 e. The summed E-state index contributed by atoms with van der Waals surface area (Å²) >= 11 is 6.15. The van der Waals surface area contributed by atoms with Crippen molar-refractivity contribution in [2.75, 3.05) is 6.54 Å². The number of nitrogens with one attached hydrogen (secondary N) is 1. The van der Waals surface area contributed by atoms with Crippen molar-refractivity contribution in [1.82, 2.24) is 24.6 Å². The van der Waals surface area contributed by atoms with E-state index in [1.165, 1.54) is 0 Å². The van der Waals surface area contributed by atoms with Crippen molar-refractivity contribution in [3.05, 3.63) is 35.1 Å². The lowest BCUT2D eigenvalue weighted by molar-refractivity contribution is 0.574. The number of rotatable bonds is 5. The zero-order valence-corrected chi connectivity index (χ0v) is 10.8. The summed E-state index contributed by atoms with van der Waals surface area (Å²) in [5.41, 5.74) is 1.90. The van der Waals surface area contributed by atoms with Crippen LogP contribution < -0.4 is 5.32 Å². The first-order valence-corrected chi connectivity index (χ1v) is 5.90. The van der Waals surface area contributed by atoms with Crippen LogP contribution in [0.2, 0.25) is 5.02 Å². The smallest absolute Gasteiger partial charge is 0.0946 e. The molecule has 2 heterocycles. The predicted octanol–water partition coefficient (Wildman–Crippen LogP) is 1.37. The second-order valence-electron chi connectivity index (χ2n) is 3.95. The summed E-state index contributed by atoms with van der Waals surface area (Å²) in [6.07, 6.45) is 5.53. The van der Waals surface area contributed by atoms with Crippen LogP contribution in [0.4, 0.5) is 0 Å². The van der Waals surface area contributed by atoms with Crippen molar-refractivity contribution in [2.45, 2.75) is 20.0 Å². The third-order valence-corrected chi connectivity index (χ3v) is 3.15. The molecule has 17 heavy (non-hydrogen) atoms. The van der Waals surface area contributed by atoms with E-state index >= 15 is 0 Å². The first-order chi connectivity index (χ1) is 8.18. The van der Waals surface area contributed by atoms with Gasteiger partial charge in [-0.1, -0.05) is 11.6 Å². The SMILES string of the molecule is Cc1nn(C)c(CNCCn2ccnc2)c1Cl. The van der Waals surface area contributed by atoms with E-state index in [4.69, 9.17) is 11.6 Å². The van der Waals surface area contributed by atoms with Gasteiger partial charge >= 0.3 is 0 Å². The van der Waals surface area contributed by atoms with Crippen molar-refractivity contribution in [2.24, 2.45) is 7.05 Å². The van der Waals surface area contributed by atoms with Crippen LogP contribution in [0.5, 0.6) is 0 Å². The Hall–Kier alpha value is -1.33. The number of nitrogens with zero attached hydrogens (tertiary/aromatic N) is 4. The summed E-state index contributed by atoms with van der Waals surface area (Å²) in [5.74, 6) is 0. The lowest BCUT2D eigenvalue weighted by Gasteiger charge is -2.06. The molecule has 2 rings (SSSR count). The number of hydrogen-bond donors (Lipinski definition) is 1. The van der Waals surface area contributed by atoms with Crippen LogP contribution in [-0.2, 0) is 20.1 Å². The minimum atomic E-state index is 0.727. The molecule has 0 bridgehead atoms. The van der Waals surface area contributed by atoms with Gasteiger partial charge in [0.1, 0.15) is 0 Å². The van der Waals surface area contributed by atoms with Gasteiger partial charge in [-0.3, -0.25) is 4.68 Å². The second kappa shape index (κ2) is 5.33. The standard InChI is InChI=1S/C11H16ClN5/c1-9-11(12)10(16(2)15-9)7-13-3-5-17-6-4-14-8-17/h4,6,8,13H,3,5,7H2,1-2H3. The van der Waals surface area contributed by atoms with E-state index in [2.05, 4.69) is 15.4 Å². The van der Waals surface area contributed by atoms with Crippen molar-refractivity contribution in [1.29, 1.82) is 0 Å². The van der Waals surface area contributed by atoms with Crippen LogP contribution in [0.25, 0.3) is 0 Å². The molecule has 0 saturated carbocycles. The Morgan fingerprint density at radius 1 is 1.47 bits per heavy atom. The lowest BCUT2D eigenvalue weighted by Crippen LogP contribution is -2.20. The van der Waals surface area contributed by atoms with Crippen LogP contribution in [0.3, 0.4) is 0 Å². The summed E-state index contributed by atoms with van der Waals surface area (Å²) in [4.78, 5) is 3.99. The fraction of sp³-hybridized carbons (Fsp3) is 0.455. The molecular weight excluding hydrogens is 238 g/mol. The van der Waals surface area contributed by atoms with Crippen LogP contribution in [0.1, 0.15) is 11.4 Å². The van der Waals surface area contributed by atoms with Gasteiger partial charge in [0.25, 0.3) is 0 Å². The summed E-state index contributed by atoms with van der Waals surface area (Å²) < 4.78 is 3.85. The Morgan fingerprint density at radius 2 is 2.29 bits per heavy atom. The van der Waals surface area contributed by atoms with E-state index in [-0.39, 0.29) is 0 Å². The summed E-state index contributed by atoms with van der Waals surface area (Å²) in [6.45, 7) is 4.41. The average Bonchev–Trinajstić information content (AvgIpc) is 2.87. The maximum Gasteiger partial charge on any atom is 0.0946 e. The van der Waals surface area contributed by atoms with Gasteiger partial charge in [0.05, 0.1) is 22.7 Å². The average molecular weight is 254 g/mol. The highest BCUT2D eigenvalue weighted by Gasteiger charge is 2.09. The first-order valence-electron chi connectivity index (χ1n) is 5.53. The zero-order chi connectivity index (χ0) is 12.3. The van der Waals surface area contributed by atoms with Crippen LogP contribution in [0, 0.1) is 6.92 Å². The fourth-order valence-electron chi connectivity index (χ4n) is 1.71. The van der Waals surface area contributed by atoms with Gasteiger partial charge < -0.3 is 9.88 Å². The Morgan fingerprint density at radius 3 is 2.88 bits per heavy atom. The molecule has 0 aliphatic heterocycles. The molecule has 0 atom stereocenters. The van der Waals surface area contributed by atoms with Gasteiger partial charge in [-0.2, -0.15) is 5.10 Å². The minimum absolute atomic E-state index is 0.727. The number of aryl methyl sites for hydroxylation is 2. The van der Waals surface area contributed by atoms with E-state index in [1.807, 2.05) is 35.7 Å². The fourth-order valence-corrected chi connectivity index (χ4v) is 1.93. The van der Waals surface area contributed by atoms with Crippen molar-refractivity contribution in [3.63, 3.8) is 0 Å². The third-order valence-electron chi connectivity index (χ3n) is 2.66. The van der Waals surface area contributed by atoms with E-state index in [0.717, 1.165) is 36.0 Å². The molecule has 92 valence electrons. The molecule has 0 aliphatic carbocycles. The molecule has 0 aliphatic rings. The second-order valence-corrected chi connectivity index (χ2v) is 4.32. The Labute approximate surface area is 105 Å². The summed E-state index contributed by atoms with van der Waals surface area (Å²) in [7, 11) is 1.91. The maximum absolute atomic E-state index is 6.15. The highest BCUT2D eigenvalue weighted by molar-refractivity contribution is 6.31. The van der Waals surface area contributed by atoms with E-state index in [9.17, 15) is 0 Å². The molecule has 0 radical (unpaired) electrons. The maximum atomic E-state index is 6.15. The summed E-state index contributed by atoms with van der Waals surface area (Å²) in [6, 6.07) is 0. The monoisotopic (exact) mass is 253 g/mol. The predicted molar refractivity (Wildman–Crippen MR) is 66.9 cm³/mol. The Kier molecular flexibility index (Phi) is 3.81. The van der Waals surface area contributed by atoms with Gasteiger partial charge in [-0.15, -0.1) is 0 Å². The number of aromatic nitrogens is 4. The lowest BCUT2D eigenvalue weighted by atomic mass is 10.3. The third kappa shape index (κ3) is 2.87. The molecule has 0 saturated heterocycles. The van der Waals surface area contributed by atoms with Crippen molar-refractivity contribution >= 4 is 11.6 Å². The largest absolute Gasteiger partial charge is 0.336 e. The van der Waals surface area contributed by atoms with Gasteiger partial charge in [0.2, 0.25) is 0 Å². The molecule has 2 aromatic rings. The van der Waals surface area contributed by atoms with E-state index < -0.39 is 0 Å². The number of imidazole rings is 1. The molecule has 0 spiro atoms. The first kappa shape index (κ1) is 12.1. The van der Waals surface area contributed by atoms with Crippen LogP contribution in [-0.4, -0.2) is 25.9 Å². The molecule has 0 amide bonds. The van der Waals surface area contributed by atoms with Gasteiger partial charge in [0.15, 0.2) is 0 Å². The topological polar surface area (TPSA) is 47.7 Å². The quantitative estimate of drug-likeness (QED) is 0.819.